The third-order valence-electron chi connectivity index (χ3n) is 2.31. The van der Waals surface area contributed by atoms with Gasteiger partial charge in [-0.3, -0.25) is 4.79 Å². The molecule has 0 bridgehead atoms. The number of nitrogens with two attached hydrogens (primary N) is 1. The summed E-state index contributed by atoms with van der Waals surface area (Å²) in [6, 6.07) is 6.32. The number of carbonyl (C=O) groups is 1. The Morgan fingerprint density at radius 3 is 2.79 bits per heavy atom. The van der Waals surface area contributed by atoms with E-state index in [1.807, 2.05) is 0 Å². The van der Waals surface area contributed by atoms with Gasteiger partial charge in [0.25, 0.3) is 5.91 Å². The minimum atomic E-state index is -0.401. The molecule has 4 nitrogen and oxygen atoms in total. The van der Waals surface area contributed by atoms with Gasteiger partial charge in [-0.15, -0.1) is 0 Å². The standard InChI is InChI=1S/C12H8BrCl2N3O/c13-6-3-10(11(15)17-5-6)18-12(19)8-4-7(14)1-2-9(8)16/h1-5H,16H2,(H,18,19). The molecule has 1 aromatic heterocycles. The average Bonchev–Trinajstić information content (AvgIpc) is 2.36. The maximum atomic E-state index is 12.1. The lowest BCUT2D eigenvalue weighted by molar-refractivity contribution is 0.102. The van der Waals surface area contributed by atoms with E-state index in [4.69, 9.17) is 28.9 Å². The highest BCUT2D eigenvalue weighted by molar-refractivity contribution is 9.10. The SMILES string of the molecule is Nc1ccc(Cl)cc1C(=O)Nc1cc(Br)cnc1Cl. The van der Waals surface area contributed by atoms with Crippen LogP contribution in [0.15, 0.2) is 34.9 Å². The molecule has 1 heterocycles. The molecule has 2 rings (SSSR count). The van der Waals surface area contributed by atoms with E-state index in [9.17, 15) is 4.79 Å². The van der Waals surface area contributed by atoms with Crippen LogP contribution in [-0.4, -0.2) is 10.9 Å². The maximum absolute atomic E-state index is 12.1. The summed E-state index contributed by atoms with van der Waals surface area (Å²) in [4.78, 5) is 16.0. The zero-order chi connectivity index (χ0) is 14.0. The minimum Gasteiger partial charge on any atom is -0.398 e. The quantitative estimate of drug-likeness (QED) is 0.628. The molecule has 2 aromatic rings. The van der Waals surface area contributed by atoms with Crippen molar-refractivity contribution in [1.82, 2.24) is 4.98 Å². The Balaban J connectivity index is 2.30. The second-order valence-electron chi connectivity index (χ2n) is 3.68. The van der Waals surface area contributed by atoms with E-state index in [0.717, 1.165) is 0 Å². The van der Waals surface area contributed by atoms with Crippen molar-refractivity contribution >= 4 is 56.4 Å². The third-order valence-corrected chi connectivity index (χ3v) is 3.28. The van der Waals surface area contributed by atoms with E-state index in [1.54, 1.807) is 18.2 Å². The van der Waals surface area contributed by atoms with E-state index in [1.165, 1.54) is 12.3 Å². The minimum absolute atomic E-state index is 0.192. The van der Waals surface area contributed by atoms with Crippen molar-refractivity contribution in [3.05, 3.63) is 50.7 Å². The van der Waals surface area contributed by atoms with E-state index < -0.39 is 5.91 Å². The first kappa shape index (κ1) is 14.1. The number of rotatable bonds is 2. The molecular formula is C12H8BrCl2N3O. The highest BCUT2D eigenvalue weighted by atomic mass is 79.9. The van der Waals surface area contributed by atoms with E-state index in [-0.39, 0.29) is 10.7 Å². The number of hydrogen-bond donors (Lipinski definition) is 2. The van der Waals surface area contributed by atoms with Gasteiger partial charge in [0.05, 0.1) is 11.3 Å². The Bertz CT molecular complexity index is 649. The van der Waals surface area contributed by atoms with Gasteiger partial charge in [-0.1, -0.05) is 23.2 Å². The third kappa shape index (κ3) is 3.37. The fourth-order valence-electron chi connectivity index (χ4n) is 1.43. The largest absolute Gasteiger partial charge is 0.398 e. The van der Waals surface area contributed by atoms with Crippen LogP contribution >= 0.6 is 39.1 Å². The lowest BCUT2D eigenvalue weighted by atomic mass is 10.1. The first-order valence-electron chi connectivity index (χ1n) is 5.15. The number of benzene rings is 1. The van der Waals surface area contributed by atoms with Gasteiger partial charge in [0.2, 0.25) is 0 Å². The predicted octanol–water partition coefficient (Wildman–Crippen LogP) is 3.99. The highest BCUT2D eigenvalue weighted by Gasteiger charge is 2.13. The average molecular weight is 361 g/mol. The molecule has 1 aromatic carbocycles. The molecule has 0 saturated heterocycles. The van der Waals surface area contributed by atoms with Crippen LogP contribution in [0.2, 0.25) is 10.2 Å². The summed E-state index contributed by atoms with van der Waals surface area (Å²) < 4.78 is 0.700. The Hall–Kier alpha value is -1.30. The number of amides is 1. The summed E-state index contributed by atoms with van der Waals surface area (Å²) in [5.74, 6) is -0.401. The molecule has 0 aliphatic rings. The Morgan fingerprint density at radius 2 is 2.05 bits per heavy atom. The fourth-order valence-corrected chi connectivity index (χ4v) is 2.08. The summed E-state index contributed by atoms with van der Waals surface area (Å²) in [5.41, 5.74) is 6.74. The summed E-state index contributed by atoms with van der Waals surface area (Å²) >= 11 is 15.0. The second kappa shape index (κ2) is 5.77. The smallest absolute Gasteiger partial charge is 0.257 e. The lowest BCUT2D eigenvalue weighted by Crippen LogP contribution is -2.14. The van der Waals surface area contributed by atoms with Gasteiger partial charge in [-0.2, -0.15) is 0 Å². The topological polar surface area (TPSA) is 68.0 Å². The molecule has 0 aliphatic carbocycles. The number of nitrogens with one attached hydrogen (secondary N) is 1. The Kier molecular flexibility index (Phi) is 4.29. The van der Waals surface area contributed by atoms with Crippen molar-refractivity contribution in [1.29, 1.82) is 0 Å². The molecular weight excluding hydrogens is 353 g/mol. The molecule has 19 heavy (non-hydrogen) atoms. The predicted molar refractivity (Wildman–Crippen MR) is 80.8 cm³/mol. The van der Waals surface area contributed by atoms with Crippen molar-refractivity contribution in [3.63, 3.8) is 0 Å². The van der Waals surface area contributed by atoms with Crippen LogP contribution in [0.25, 0.3) is 0 Å². The lowest BCUT2D eigenvalue weighted by Gasteiger charge is -2.09. The second-order valence-corrected chi connectivity index (χ2v) is 5.39. The molecule has 98 valence electrons. The maximum Gasteiger partial charge on any atom is 0.257 e. The summed E-state index contributed by atoms with van der Waals surface area (Å²) in [5, 5.41) is 3.25. The van der Waals surface area contributed by atoms with Gasteiger partial charge >= 0.3 is 0 Å². The summed E-state index contributed by atoms with van der Waals surface area (Å²) in [6.45, 7) is 0. The first-order valence-corrected chi connectivity index (χ1v) is 6.69. The number of anilines is 2. The van der Waals surface area contributed by atoms with Crippen molar-refractivity contribution < 1.29 is 4.79 Å². The van der Waals surface area contributed by atoms with Crippen molar-refractivity contribution in [2.45, 2.75) is 0 Å². The normalized spacial score (nSPS) is 10.3. The van der Waals surface area contributed by atoms with Crippen molar-refractivity contribution in [2.75, 3.05) is 11.1 Å². The molecule has 0 saturated carbocycles. The molecule has 0 spiro atoms. The van der Waals surface area contributed by atoms with Gasteiger partial charge in [0.15, 0.2) is 5.15 Å². The van der Waals surface area contributed by atoms with Gasteiger partial charge in [-0.25, -0.2) is 4.98 Å². The van der Waals surface area contributed by atoms with Crippen molar-refractivity contribution in [3.8, 4) is 0 Å². The molecule has 7 heteroatoms. The zero-order valence-electron chi connectivity index (χ0n) is 9.45. The number of carbonyl (C=O) groups excluding carboxylic acids is 1. The number of halogens is 3. The van der Waals surface area contributed by atoms with Crippen LogP contribution in [0.5, 0.6) is 0 Å². The number of pyridine rings is 1. The van der Waals surface area contributed by atoms with Gasteiger partial charge in [-0.05, 0) is 40.2 Å². The van der Waals surface area contributed by atoms with Crippen LogP contribution in [-0.2, 0) is 0 Å². The molecule has 3 N–H and O–H groups in total. The summed E-state index contributed by atoms with van der Waals surface area (Å²) in [7, 11) is 0. The summed E-state index contributed by atoms with van der Waals surface area (Å²) in [6.07, 6.45) is 1.53. The van der Waals surface area contributed by atoms with Gasteiger partial charge in [0.1, 0.15) is 0 Å². The first-order chi connectivity index (χ1) is 8.97. The highest BCUT2D eigenvalue weighted by Crippen LogP contribution is 2.25. The molecule has 0 radical (unpaired) electrons. The van der Waals surface area contributed by atoms with Gasteiger partial charge < -0.3 is 11.1 Å². The monoisotopic (exact) mass is 359 g/mol. The molecule has 0 fully saturated rings. The Labute approximate surface area is 128 Å². The number of nitrogens with zero attached hydrogens (tertiary/aromatic N) is 1. The van der Waals surface area contributed by atoms with Crippen LogP contribution in [0.3, 0.4) is 0 Å². The molecule has 0 aliphatic heterocycles. The number of nitrogen functional groups attached to an aromatic ring is 1. The molecule has 1 amide bonds. The van der Waals surface area contributed by atoms with Gasteiger partial charge in [0, 0.05) is 21.4 Å². The van der Waals surface area contributed by atoms with Crippen LogP contribution in [0, 0.1) is 0 Å². The number of aromatic nitrogens is 1. The number of hydrogen-bond acceptors (Lipinski definition) is 3. The van der Waals surface area contributed by atoms with Crippen molar-refractivity contribution in [2.24, 2.45) is 0 Å². The molecule has 0 unspecified atom stereocenters. The van der Waals surface area contributed by atoms with E-state index >= 15 is 0 Å². The van der Waals surface area contributed by atoms with Crippen LogP contribution < -0.4 is 11.1 Å². The van der Waals surface area contributed by atoms with Crippen LogP contribution in [0.4, 0.5) is 11.4 Å². The van der Waals surface area contributed by atoms with E-state index in [2.05, 4.69) is 26.2 Å². The van der Waals surface area contributed by atoms with E-state index in [0.29, 0.717) is 20.9 Å². The zero-order valence-corrected chi connectivity index (χ0v) is 12.6. The molecule has 0 atom stereocenters. The van der Waals surface area contributed by atoms with Crippen LogP contribution in [0.1, 0.15) is 10.4 Å². The Morgan fingerprint density at radius 1 is 1.32 bits per heavy atom. The fraction of sp³-hybridized carbons (Fsp3) is 0.